The van der Waals surface area contributed by atoms with Crippen molar-refractivity contribution in [2.45, 2.75) is 35.5 Å². The van der Waals surface area contributed by atoms with Gasteiger partial charge in [0.05, 0.1) is 4.90 Å². The molecule has 3 aromatic carbocycles. The van der Waals surface area contributed by atoms with Gasteiger partial charge in [0.1, 0.15) is 0 Å². The molecule has 3 nitrogen and oxygen atoms in total. The maximum atomic E-state index is 12.4. The third-order valence-corrected chi connectivity index (χ3v) is 6.58. The van der Waals surface area contributed by atoms with Crippen molar-refractivity contribution >= 4 is 27.5 Å². The van der Waals surface area contributed by atoms with Gasteiger partial charge in [-0.1, -0.05) is 47.2 Å². The molecule has 0 aliphatic heterocycles. The summed E-state index contributed by atoms with van der Waals surface area (Å²) in [6.07, 6.45) is 0. The molecule has 0 saturated heterocycles. The molecule has 0 fully saturated rings. The lowest BCUT2D eigenvalue weighted by molar-refractivity contribution is 0.601. The van der Waals surface area contributed by atoms with Crippen LogP contribution in [0.3, 0.4) is 0 Å². The fourth-order valence-corrected chi connectivity index (χ4v) is 4.50. The minimum atomic E-state index is -3.57. The Morgan fingerprint density at radius 1 is 0.769 bits per heavy atom. The molecule has 0 saturated carbocycles. The van der Waals surface area contributed by atoms with E-state index in [1.165, 1.54) is 16.0 Å². The molecule has 0 unspecified atom stereocenters. The highest BCUT2D eigenvalue weighted by molar-refractivity contribution is 7.99. The van der Waals surface area contributed by atoms with E-state index < -0.39 is 10.0 Å². The average molecular weight is 384 g/mol. The molecule has 0 heterocycles. The van der Waals surface area contributed by atoms with E-state index in [4.69, 9.17) is 0 Å². The van der Waals surface area contributed by atoms with Gasteiger partial charge in [-0.3, -0.25) is 4.72 Å². The predicted molar refractivity (Wildman–Crippen MR) is 108 cm³/mol. The normalized spacial score (nSPS) is 11.3. The monoisotopic (exact) mass is 383 g/mol. The van der Waals surface area contributed by atoms with Crippen molar-refractivity contribution in [2.24, 2.45) is 0 Å². The molecule has 0 aliphatic rings. The van der Waals surface area contributed by atoms with E-state index in [2.05, 4.69) is 36.8 Å². The number of sulfonamides is 1. The molecule has 0 radical (unpaired) electrons. The Bertz CT molecular complexity index is 1010. The summed E-state index contributed by atoms with van der Waals surface area (Å²) in [6.45, 7) is 6.10. The van der Waals surface area contributed by atoms with Crippen LogP contribution in [-0.4, -0.2) is 8.42 Å². The first-order valence-corrected chi connectivity index (χ1v) is 10.6. The molecule has 3 aromatic rings. The van der Waals surface area contributed by atoms with Crippen LogP contribution in [0.2, 0.25) is 0 Å². The fraction of sp³-hybridized carbons (Fsp3) is 0.143. The number of hydrogen-bond donors (Lipinski definition) is 1. The number of benzene rings is 3. The third-order valence-electron chi connectivity index (χ3n) is 4.00. The van der Waals surface area contributed by atoms with Crippen LogP contribution < -0.4 is 4.72 Å². The Hall–Kier alpha value is -2.24. The molecule has 0 atom stereocenters. The molecular weight excluding hydrogens is 362 g/mol. The van der Waals surface area contributed by atoms with Crippen molar-refractivity contribution in [1.82, 2.24) is 0 Å². The second kappa shape index (κ2) is 7.56. The topological polar surface area (TPSA) is 46.2 Å². The Morgan fingerprint density at radius 3 is 2.00 bits per heavy atom. The summed E-state index contributed by atoms with van der Waals surface area (Å²) < 4.78 is 27.5. The molecule has 5 heteroatoms. The maximum Gasteiger partial charge on any atom is 0.261 e. The zero-order valence-electron chi connectivity index (χ0n) is 15.0. The largest absolute Gasteiger partial charge is 0.280 e. The second-order valence-corrected chi connectivity index (χ2v) is 9.11. The summed E-state index contributed by atoms with van der Waals surface area (Å²) in [7, 11) is -3.57. The second-order valence-electron chi connectivity index (χ2n) is 6.31. The van der Waals surface area contributed by atoms with Crippen LogP contribution in [0.4, 0.5) is 5.69 Å². The highest BCUT2D eigenvalue weighted by atomic mass is 32.2. The highest BCUT2D eigenvalue weighted by Crippen LogP contribution is 2.31. The van der Waals surface area contributed by atoms with Gasteiger partial charge >= 0.3 is 0 Å². The summed E-state index contributed by atoms with van der Waals surface area (Å²) in [5, 5.41) is 0. The Kier molecular flexibility index (Phi) is 5.39. The minimum Gasteiger partial charge on any atom is -0.280 e. The van der Waals surface area contributed by atoms with Crippen LogP contribution in [0.5, 0.6) is 0 Å². The van der Waals surface area contributed by atoms with Crippen LogP contribution in [0, 0.1) is 20.8 Å². The molecule has 26 heavy (non-hydrogen) atoms. The molecule has 0 bridgehead atoms. The van der Waals surface area contributed by atoms with Crippen molar-refractivity contribution in [3.8, 4) is 0 Å². The summed E-state index contributed by atoms with van der Waals surface area (Å²) in [5.41, 5.74) is 4.05. The third kappa shape index (κ3) is 4.48. The first-order valence-electron chi connectivity index (χ1n) is 8.28. The van der Waals surface area contributed by atoms with E-state index in [0.29, 0.717) is 5.69 Å². The Labute approximate surface area is 159 Å². The number of aryl methyl sites for hydroxylation is 3. The number of nitrogens with one attached hydrogen (secondary N) is 1. The summed E-state index contributed by atoms with van der Waals surface area (Å²) in [6, 6.07) is 20.6. The van der Waals surface area contributed by atoms with Gasteiger partial charge in [-0.15, -0.1) is 0 Å². The van der Waals surface area contributed by atoms with Crippen molar-refractivity contribution in [1.29, 1.82) is 0 Å². The van der Waals surface area contributed by atoms with Crippen LogP contribution in [-0.2, 0) is 10.0 Å². The standard InChI is InChI=1S/C21H21NO2S2/c1-15-4-11-20(12-5-15)26(23,24)22-18-7-9-19(10-8-18)25-21-13-6-16(2)14-17(21)3/h4-14,22H,1-3H3. The van der Waals surface area contributed by atoms with Gasteiger partial charge in [0, 0.05) is 15.5 Å². The lowest BCUT2D eigenvalue weighted by atomic mass is 10.2. The molecule has 0 spiro atoms. The van der Waals surface area contributed by atoms with Crippen molar-refractivity contribution in [3.05, 3.63) is 83.4 Å². The summed E-state index contributed by atoms with van der Waals surface area (Å²) >= 11 is 1.67. The fourth-order valence-electron chi connectivity index (χ4n) is 2.56. The molecule has 134 valence electrons. The van der Waals surface area contributed by atoms with Gasteiger partial charge in [0.25, 0.3) is 10.0 Å². The maximum absolute atomic E-state index is 12.4. The van der Waals surface area contributed by atoms with E-state index in [-0.39, 0.29) is 4.90 Å². The van der Waals surface area contributed by atoms with Gasteiger partial charge in [-0.05, 0) is 68.8 Å². The molecular formula is C21H21NO2S2. The molecule has 3 rings (SSSR count). The van der Waals surface area contributed by atoms with Crippen LogP contribution >= 0.6 is 11.8 Å². The first kappa shape index (κ1) is 18.5. The molecule has 0 amide bonds. The van der Waals surface area contributed by atoms with E-state index in [0.717, 1.165) is 10.5 Å². The van der Waals surface area contributed by atoms with Gasteiger partial charge in [0.15, 0.2) is 0 Å². The highest BCUT2D eigenvalue weighted by Gasteiger charge is 2.13. The first-order chi connectivity index (χ1) is 12.3. The van der Waals surface area contributed by atoms with Crippen LogP contribution in [0.1, 0.15) is 16.7 Å². The number of anilines is 1. The Balaban J connectivity index is 1.74. The Morgan fingerprint density at radius 2 is 1.38 bits per heavy atom. The molecule has 0 aromatic heterocycles. The minimum absolute atomic E-state index is 0.261. The zero-order valence-corrected chi connectivity index (χ0v) is 16.6. The van der Waals surface area contributed by atoms with Crippen molar-refractivity contribution in [3.63, 3.8) is 0 Å². The number of hydrogen-bond acceptors (Lipinski definition) is 3. The van der Waals surface area contributed by atoms with Gasteiger partial charge in [-0.2, -0.15) is 0 Å². The van der Waals surface area contributed by atoms with Crippen molar-refractivity contribution in [2.75, 3.05) is 4.72 Å². The molecule has 0 aliphatic carbocycles. The lowest BCUT2D eigenvalue weighted by Gasteiger charge is -2.10. The van der Waals surface area contributed by atoms with E-state index in [1.54, 1.807) is 48.2 Å². The zero-order chi connectivity index (χ0) is 18.7. The summed E-state index contributed by atoms with van der Waals surface area (Å²) in [5.74, 6) is 0. The summed E-state index contributed by atoms with van der Waals surface area (Å²) in [4.78, 5) is 2.52. The smallest absolute Gasteiger partial charge is 0.261 e. The quantitative estimate of drug-likeness (QED) is 0.627. The SMILES string of the molecule is Cc1ccc(S(=O)(=O)Nc2ccc(Sc3ccc(C)cc3C)cc2)cc1. The van der Waals surface area contributed by atoms with E-state index in [9.17, 15) is 8.42 Å². The van der Waals surface area contributed by atoms with E-state index in [1.807, 2.05) is 19.1 Å². The van der Waals surface area contributed by atoms with Gasteiger partial charge in [0.2, 0.25) is 0 Å². The van der Waals surface area contributed by atoms with Crippen LogP contribution in [0.15, 0.2) is 81.4 Å². The van der Waals surface area contributed by atoms with Crippen molar-refractivity contribution < 1.29 is 8.42 Å². The lowest BCUT2D eigenvalue weighted by Crippen LogP contribution is -2.12. The molecule has 1 N–H and O–H groups in total. The van der Waals surface area contributed by atoms with E-state index >= 15 is 0 Å². The van der Waals surface area contributed by atoms with Gasteiger partial charge in [-0.25, -0.2) is 8.42 Å². The predicted octanol–water partition coefficient (Wildman–Crippen LogP) is 5.56. The van der Waals surface area contributed by atoms with Gasteiger partial charge < -0.3 is 0 Å². The average Bonchev–Trinajstić information content (AvgIpc) is 2.59. The number of rotatable bonds is 5. The van der Waals surface area contributed by atoms with Crippen LogP contribution in [0.25, 0.3) is 0 Å².